The summed E-state index contributed by atoms with van der Waals surface area (Å²) in [6, 6.07) is 16.5. The summed E-state index contributed by atoms with van der Waals surface area (Å²) in [4.78, 5) is 16.2. The van der Waals surface area contributed by atoms with Crippen LogP contribution in [0.2, 0.25) is 0 Å². The van der Waals surface area contributed by atoms with E-state index >= 15 is 0 Å². The number of nitrogens with zero attached hydrogens (tertiary/aromatic N) is 2. The second kappa shape index (κ2) is 9.54. The van der Waals surface area contributed by atoms with E-state index in [1.54, 1.807) is 0 Å². The Morgan fingerprint density at radius 3 is 1.32 bits per heavy atom. The summed E-state index contributed by atoms with van der Waals surface area (Å²) in [5, 5.41) is 0. The van der Waals surface area contributed by atoms with Crippen LogP contribution in [0.5, 0.6) is 0 Å². The van der Waals surface area contributed by atoms with Gasteiger partial charge in [0, 0.05) is 12.8 Å². The molecule has 0 saturated heterocycles. The zero-order chi connectivity index (χ0) is 19.0. The molecule has 4 heteroatoms. The molecule has 2 aromatic heterocycles. The Bertz CT molecular complexity index is 850. The Kier molecular flexibility index (Phi) is 6.38. The van der Waals surface area contributed by atoms with E-state index < -0.39 is 0 Å². The van der Waals surface area contributed by atoms with E-state index in [9.17, 15) is 0 Å². The summed E-state index contributed by atoms with van der Waals surface area (Å²) in [5.41, 5.74) is 4.47. The largest absolute Gasteiger partial charge is 0.342 e. The molecule has 0 spiro atoms. The van der Waals surface area contributed by atoms with Crippen molar-refractivity contribution >= 4 is 22.1 Å². The van der Waals surface area contributed by atoms with Crippen LogP contribution in [0.4, 0.5) is 0 Å². The highest BCUT2D eigenvalue weighted by Crippen LogP contribution is 2.15. The first-order valence-electron chi connectivity index (χ1n) is 10.8. The van der Waals surface area contributed by atoms with Crippen LogP contribution in [0.3, 0.4) is 0 Å². The van der Waals surface area contributed by atoms with Crippen molar-refractivity contribution in [2.75, 3.05) is 0 Å². The fourth-order valence-corrected chi connectivity index (χ4v) is 3.89. The van der Waals surface area contributed by atoms with Gasteiger partial charge in [0.05, 0.1) is 22.1 Å². The first kappa shape index (κ1) is 18.7. The molecule has 0 fully saturated rings. The topological polar surface area (TPSA) is 57.4 Å². The van der Waals surface area contributed by atoms with Gasteiger partial charge in [0.25, 0.3) is 0 Å². The number of aryl methyl sites for hydroxylation is 2. The number of aromatic amines is 2. The molecule has 0 unspecified atom stereocenters. The third kappa shape index (κ3) is 5.00. The molecule has 0 saturated carbocycles. The van der Waals surface area contributed by atoms with Crippen molar-refractivity contribution in [2.45, 2.75) is 64.2 Å². The molecule has 0 atom stereocenters. The van der Waals surface area contributed by atoms with E-state index in [0.29, 0.717) is 0 Å². The predicted molar refractivity (Wildman–Crippen MR) is 117 cm³/mol. The fraction of sp³-hybridized carbons (Fsp3) is 0.417. The molecule has 28 heavy (non-hydrogen) atoms. The zero-order valence-electron chi connectivity index (χ0n) is 16.6. The highest BCUT2D eigenvalue weighted by Gasteiger charge is 2.03. The van der Waals surface area contributed by atoms with Gasteiger partial charge < -0.3 is 9.97 Å². The van der Waals surface area contributed by atoms with E-state index in [2.05, 4.69) is 56.3 Å². The summed E-state index contributed by atoms with van der Waals surface area (Å²) in [7, 11) is 0. The van der Waals surface area contributed by atoms with Crippen LogP contribution < -0.4 is 0 Å². The van der Waals surface area contributed by atoms with Crippen molar-refractivity contribution in [3.63, 3.8) is 0 Å². The molecule has 0 aliphatic rings. The van der Waals surface area contributed by atoms with Gasteiger partial charge in [-0.2, -0.15) is 0 Å². The maximum atomic E-state index is 4.66. The molecule has 0 amide bonds. The minimum Gasteiger partial charge on any atom is -0.342 e. The summed E-state index contributed by atoms with van der Waals surface area (Å²) in [6.07, 6.45) is 12.6. The van der Waals surface area contributed by atoms with Gasteiger partial charge in [-0.05, 0) is 37.1 Å². The standard InChI is InChI=1S/C24H30N4/c1(3-5-7-17-23-25-19-13-9-10-14-20(19)26-23)2-4-6-8-18-24-27-21-15-11-12-16-22(21)28-24/h9-16H,1-8,17-18H2,(H,25,26)(H,27,28). The van der Waals surface area contributed by atoms with Crippen molar-refractivity contribution in [3.05, 3.63) is 60.2 Å². The van der Waals surface area contributed by atoms with Crippen molar-refractivity contribution in [3.8, 4) is 0 Å². The van der Waals surface area contributed by atoms with Crippen LogP contribution in [-0.2, 0) is 12.8 Å². The number of para-hydroxylation sites is 4. The van der Waals surface area contributed by atoms with Gasteiger partial charge in [0.15, 0.2) is 0 Å². The van der Waals surface area contributed by atoms with Gasteiger partial charge in [0.2, 0.25) is 0 Å². The number of benzene rings is 2. The molecule has 2 heterocycles. The Morgan fingerprint density at radius 2 is 0.893 bits per heavy atom. The number of hydrogen-bond donors (Lipinski definition) is 2. The molecule has 4 aromatic rings. The average Bonchev–Trinajstić information content (AvgIpc) is 3.32. The van der Waals surface area contributed by atoms with E-state index in [0.717, 1.165) is 46.6 Å². The molecule has 0 radical (unpaired) electrons. The van der Waals surface area contributed by atoms with Gasteiger partial charge in [-0.15, -0.1) is 0 Å². The van der Waals surface area contributed by atoms with Crippen LogP contribution in [-0.4, -0.2) is 19.9 Å². The average molecular weight is 375 g/mol. The number of imidazole rings is 2. The van der Waals surface area contributed by atoms with E-state index in [1.807, 2.05) is 12.1 Å². The molecular formula is C24H30N4. The highest BCUT2D eigenvalue weighted by molar-refractivity contribution is 5.75. The Morgan fingerprint density at radius 1 is 0.500 bits per heavy atom. The fourth-order valence-electron chi connectivity index (χ4n) is 3.89. The van der Waals surface area contributed by atoms with E-state index in [1.165, 1.54) is 51.4 Å². The molecule has 4 rings (SSSR count). The Hall–Kier alpha value is -2.62. The number of unbranched alkanes of at least 4 members (excludes halogenated alkanes) is 7. The number of rotatable bonds is 11. The second-order valence-electron chi connectivity index (χ2n) is 7.73. The Balaban J connectivity index is 1.03. The van der Waals surface area contributed by atoms with Gasteiger partial charge >= 0.3 is 0 Å². The maximum absolute atomic E-state index is 4.66. The quantitative estimate of drug-likeness (QED) is 0.301. The molecule has 0 aliphatic carbocycles. The van der Waals surface area contributed by atoms with Crippen LogP contribution in [0, 0.1) is 0 Å². The lowest BCUT2D eigenvalue weighted by Crippen LogP contribution is -1.90. The van der Waals surface area contributed by atoms with Gasteiger partial charge in [-0.3, -0.25) is 0 Å². The number of H-pyrrole nitrogens is 2. The second-order valence-corrected chi connectivity index (χ2v) is 7.73. The molecule has 2 aromatic carbocycles. The third-order valence-electron chi connectivity index (χ3n) is 5.45. The molecular weight excluding hydrogens is 344 g/mol. The van der Waals surface area contributed by atoms with Crippen molar-refractivity contribution in [1.29, 1.82) is 0 Å². The lowest BCUT2D eigenvalue weighted by Gasteiger charge is -2.02. The van der Waals surface area contributed by atoms with Gasteiger partial charge in [-0.25, -0.2) is 9.97 Å². The van der Waals surface area contributed by atoms with Gasteiger partial charge in [0.1, 0.15) is 11.6 Å². The van der Waals surface area contributed by atoms with Crippen molar-refractivity contribution in [1.82, 2.24) is 19.9 Å². The normalized spacial score (nSPS) is 11.6. The summed E-state index contributed by atoms with van der Waals surface area (Å²) in [5.74, 6) is 2.26. The van der Waals surface area contributed by atoms with Crippen LogP contribution in [0.1, 0.15) is 63.0 Å². The molecule has 0 bridgehead atoms. The lowest BCUT2D eigenvalue weighted by atomic mass is 10.1. The lowest BCUT2D eigenvalue weighted by molar-refractivity contribution is 0.563. The maximum Gasteiger partial charge on any atom is 0.107 e. The predicted octanol–water partition coefficient (Wildman–Crippen LogP) is 6.35. The zero-order valence-corrected chi connectivity index (χ0v) is 16.6. The van der Waals surface area contributed by atoms with Crippen LogP contribution in [0.25, 0.3) is 22.1 Å². The van der Waals surface area contributed by atoms with Crippen molar-refractivity contribution < 1.29 is 0 Å². The third-order valence-corrected chi connectivity index (χ3v) is 5.45. The van der Waals surface area contributed by atoms with Crippen LogP contribution >= 0.6 is 0 Å². The number of aromatic nitrogens is 4. The SMILES string of the molecule is c1ccc2[nH]c(CCCCCCCCCCc3nc4ccccc4[nH]3)nc2c1. The minimum atomic E-state index is 1.06. The number of nitrogens with one attached hydrogen (secondary N) is 2. The minimum absolute atomic E-state index is 1.06. The monoisotopic (exact) mass is 374 g/mol. The Labute approximate surface area is 166 Å². The smallest absolute Gasteiger partial charge is 0.107 e. The first-order chi connectivity index (χ1) is 13.9. The van der Waals surface area contributed by atoms with Gasteiger partial charge in [-0.1, -0.05) is 62.8 Å². The van der Waals surface area contributed by atoms with E-state index in [-0.39, 0.29) is 0 Å². The van der Waals surface area contributed by atoms with Crippen molar-refractivity contribution in [2.24, 2.45) is 0 Å². The first-order valence-corrected chi connectivity index (χ1v) is 10.8. The molecule has 146 valence electrons. The molecule has 0 aliphatic heterocycles. The molecule has 4 nitrogen and oxygen atoms in total. The summed E-state index contributed by atoms with van der Waals surface area (Å²) >= 11 is 0. The van der Waals surface area contributed by atoms with Crippen LogP contribution in [0.15, 0.2) is 48.5 Å². The summed E-state index contributed by atoms with van der Waals surface area (Å²) < 4.78 is 0. The number of fused-ring (bicyclic) bond motifs is 2. The number of hydrogen-bond acceptors (Lipinski definition) is 2. The highest BCUT2D eigenvalue weighted by atomic mass is 14.9. The summed E-state index contributed by atoms with van der Waals surface area (Å²) in [6.45, 7) is 0. The molecule has 2 N–H and O–H groups in total. The van der Waals surface area contributed by atoms with E-state index in [4.69, 9.17) is 0 Å².